The molecule has 0 radical (unpaired) electrons. The van der Waals surface area contributed by atoms with Crippen molar-refractivity contribution in [1.29, 1.82) is 0 Å². The summed E-state index contributed by atoms with van der Waals surface area (Å²) < 4.78 is 5.40. The third kappa shape index (κ3) is 8.35. The number of rotatable bonds is 10. The predicted octanol–water partition coefficient (Wildman–Crippen LogP) is 3.10. The van der Waals surface area contributed by atoms with Gasteiger partial charge in [-0.1, -0.05) is 60.7 Å². The number of hydrogen-bond donors (Lipinski definition) is 2. The second-order valence-electron chi connectivity index (χ2n) is 9.91. The molecule has 2 aliphatic heterocycles. The molecule has 0 unspecified atom stereocenters. The van der Waals surface area contributed by atoms with Crippen LogP contribution in [-0.2, 0) is 22.4 Å². The zero-order chi connectivity index (χ0) is 25.0. The third-order valence-corrected chi connectivity index (χ3v) is 7.22. The fourth-order valence-electron chi connectivity index (χ4n) is 5.05. The summed E-state index contributed by atoms with van der Waals surface area (Å²) in [6.07, 6.45) is 4.39. The summed E-state index contributed by atoms with van der Waals surface area (Å²) in [6.45, 7) is 6.44. The van der Waals surface area contributed by atoms with Crippen molar-refractivity contribution in [3.63, 3.8) is 0 Å². The number of nitrogens with one attached hydrogen (secondary N) is 2. The highest BCUT2D eigenvalue weighted by atomic mass is 16.5. The summed E-state index contributed by atoms with van der Waals surface area (Å²) >= 11 is 0. The van der Waals surface area contributed by atoms with Crippen LogP contribution in [0.4, 0.5) is 4.79 Å². The van der Waals surface area contributed by atoms with E-state index in [4.69, 9.17) is 4.74 Å². The van der Waals surface area contributed by atoms with Gasteiger partial charge in [-0.3, -0.25) is 9.69 Å². The molecule has 2 saturated heterocycles. The molecule has 2 fully saturated rings. The van der Waals surface area contributed by atoms with Crippen molar-refractivity contribution in [2.45, 2.75) is 38.1 Å². The van der Waals surface area contributed by atoms with Crippen LogP contribution < -0.4 is 10.6 Å². The van der Waals surface area contributed by atoms with E-state index in [2.05, 4.69) is 39.8 Å². The van der Waals surface area contributed by atoms with E-state index in [1.807, 2.05) is 41.3 Å². The number of nitrogens with zero attached hydrogens (tertiary/aromatic N) is 2. The molecule has 7 nitrogen and oxygen atoms in total. The van der Waals surface area contributed by atoms with E-state index >= 15 is 0 Å². The van der Waals surface area contributed by atoms with Crippen molar-refractivity contribution in [3.05, 3.63) is 71.8 Å². The molecule has 0 aliphatic carbocycles. The molecule has 2 aliphatic rings. The van der Waals surface area contributed by atoms with E-state index in [0.717, 1.165) is 77.2 Å². The smallest absolute Gasteiger partial charge is 0.318 e. The molecular formula is C29H40N4O3. The lowest BCUT2D eigenvalue weighted by atomic mass is 9.90. The Labute approximate surface area is 215 Å². The lowest BCUT2D eigenvalue weighted by Gasteiger charge is -2.33. The Morgan fingerprint density at radius 3 is 2.19 bits per heavy atom. The van der Waals surface area contributed by atoms with Gasteiger partial charge < -0.3 is 20.3 Å². The molecule has 2 aromatic rings. The summed E-state index contributed by atoms with van der Waals surface area (Å²) in [4.78, 5) is 30.4. The van der Waals surface area contributed by atoms with Crippen molar-refractivity contribution in [1.82, 2.24) is 20.4 Å². The first-order valence-corrected chi connectivity index (χ1v) is 13.4. The van der Waals surface area contributed by atoms with Crippen LogP contribution in [-0.4, -0.2) is 80.3 Å². The standard InChI is InChI=1S/C29H40N4O3/c34-28(30-14-7-15-32-18-20-36-21-19-32)27(23-25-10-5-2-6-11-25)31-29(35)33-16-12-26(13-17-33)22-24-8-3-1-4-9-24/h1-6,8-11,26-27H,7,12-23H2,(H,30,34)(H,31,35)/t27-/m1/s1. The number of urea groups is 1. The number of piperidine rings is 1. The normalized spacial score (nSPS) is 17.9. The first kappa shape index (κ1) is 26.2. The third-order valence-electron chi connectivity index (χ3n) is 7.22. The Morgan fingerprint density at radius 2 is 1.53 bits per heavy atom. The van der Waals surface area contributed by atoms with E-state index in [1.54, 1.807) is 0 Å². The minimum Gasteiger partial charge on any atom is -0.379 e. The molecular weight excluding hydrogens is 452 g/mol. The molecule has 194 valence electrons. The highest BCUT2D eigenvalue weighted by Gasteiger charge is 2.27. The maximum atomic E-state index is 13.1. The van der Waals surface area contributed by atoms with Crippen LogP contribution >= 0.6 is 0 Å². The van der Waals surface area contributed by atoms with Crippen molar-refractivity contribution in [3.8, 4) is 0 Å². The number of carbonyl (C=O) groups is 2. The lowest BCUT2D eigenvalue weighted by Crippen LogP contribution is -2.53. The van der Waals surface area contributed by atoms with Gasteiger partial charge in [-0.05, 0) is 49.3 Å². The van der Waals surface area contributed by atoms with E-state index in [9.17, 15) is 9.59 Å². The number of benzene rings is 2. The van der Waals surface area contributed by atoms with Crippen LogP contribution in [0.25, 0.3) is 0 Å². The van der Waals surface area contributed by atoms with Crippen molar-refractivity contribution >= 4 is 11.9 Å². The zero-order valence-corrected chi connectivity index (χ0v) is 21.2. The SMILES string of the molecule is O=C(NCCCN1CCOCC1)[C@@H](Cc1ccccc1)NC(=O)N1CCC(Cc2ccccc2)CC1. The second kappa shape index (κ2) is 14.0. The topological polar surface area (TPSA) is 73.9 Å². The number of ether oxygens (including phenoxy) is 1. The highest BCUT2D eigenvalue weighted by molar-refractivity contribution is 5.87. The Hall–Kier alpha value is -2.90. The Balaban J connectivity index is 1.26. The van der Waals surface area contributed by atoms with Gasteiger partial charge in [-0.25, -0.2) is 4.79 Å². The van der Waals surface area contributed by atoms with Gasteiger partial charge >= 0.3 is 6.03 Å². The monoisotopic (exact) mass is 492 g/mol. The summed E-state index contributed by atoms with van der Waals surface area (Å²) in [5.41, 5.74) is 2.39. The number of hydrogen-bond acceptors (Lipinski definition) is 4. The van der Waals surface area contributed by atoms with Crippen LogP contribution in [0, 0.1) is 5.92 Å². The van der Waals surface area contributed by atoms with Gasteiger partial charge in [0.05, 0.1) is 13.2 Å². The van der Waals surface area contributed by atoms with Crippen molar-refractivity contribution in [2.24, 2.45) is 5.92 Å². The van der Waals surface area contributed by atoms with Gasteiger partial charge in [0, 0.05) is 39.1 Å². The largest absolute Gasteiger partial charge is 0.379 e. The Kier molecular flexibility index (Phi) is 10.2. The second-order valence-corrected chi connectivity index (χ2v) is 9.91. The zero-order valence-electron chi connectivity index (χ0n) is 21.2. The Bertz CT molecular complexity index is 926. The lowest BCUT2D eigenvalue weighted by molar-refractivity contribution is -0.123. The predicted molar refractivity (Wildman–Crippen MR) is 142 cm³/mol. The van der Waals surface area contributed by atoms with E-state index in [-0.39, 0.29) is 11.9 Å². The molecule has 1 atom stereocenters. The molecule has 4 rings (SSSR count). The van der Waals surface area contributed by atoms with Gasteiger partial charge in [0.2, 0.25) is 5.91 Å². The summed E-state index contributed by atoms with van der Waals surface area (Å²) in [5, 5.41) is 6.09. The number of morpholine rings is 1. The van der Waals surface area contributed by atoms with Crippen molar-refractivity contribution in [2.75, 3.05) is 52.5 Å². The molecule has 2 N–H and O–H groups in total. The molecule has 2 aromatic carbocycles. The molecule has 2 heterocycles. The van der Waals surface area contributed by atoms with Crippen LogP contribution in [0.1, 0.15) is 30.4 Å². The number of likely N-dealkylation sites (tertiary alicyclic amines) is 1. The Morgan fingerprint density at radius 1 is 0.889 bits per heavy atom. The minimum absolute atomic E-state index is 0.117. The minimum atomic E-state index is -0.592. The molecule has 7 heteroatoms. The number of carbonyl (C=O) groups excluding carboxylic acids is 2. The molecule has 0 bridgehead atoms. The van der Waals surface area contributed by atoms with Crippen LogP contribution in [0.3, 0.4) is 0 Å². The molecule has 0 spiro atoms. The van der Waals surface area contributed by atoms with Crippen LogP contribution in [0.2, 0.25) is 0 Å². The molecule has 0 saturated carbocycles. The average molecular weight is 493 g/mol. The maximum Gasteiger partial charge on any atom is 0.318 e. The number of amides is 3. The quantitative estimate of drug-likeness (QED) is 0.500. The summed E-state index contributed by atoms with van der Waals surface area (Å²) in [5.74, 6) is 0.472. The van der Waals surface area contributed by atoms with Gasteiger partial charge in [-0.15, -0.1) is 0 Å². The van der Waals surface area contributed by atoms with E-state index in [1.165, 1.54) is 5.56 Å². The van der Waals surface area contributed by atoms with E-state index in [0.29, 0.717) is 18.9 Å². The summed E-state index contributed by atoms with van der Waals surface area (Å²) in [6, 6.07) is 19.7. The van der Waals surface area contributed by atoms with Crippen LogP contribution in [0.15, 0.2) is 60.7 Å². The van der Waals surface area contributed by atoms with Gasteiger partial charge in [0.25, 0.3) is 0 Å². The van der Waals surface area contributed by atoms with Crippen molar-refractivity contribution < 1.29 is 14.3 Å². The molecule has 3 amide bonds. The van der Waals surface area contributed by atoms with Gasteiger partial charge in [0.15, 0.2) is 0 Å². The van der Waals surface area contributed by atoms with E-state index < -0.39 is 6.04 Å². The fraction of sp³-hybridized carbons (Fsp3) is 0.517. The van der Waals surface area contributed by atoms with Gasteiger partial charge in [-0.2, -0.15) is 0 Å². The fourth-order valence-corrected chi connectivity index (χ4v) is 5.05. The average Bonchev–Trinajstić information content (AvgIpc) is 2.93. The maximum absolute atomic E-state index is 13.1. The first-order valence-electron chi connectivity index (χ1n) is 13.4. The molecule has 0 aromatic heterocycles. The van der Waals surface area contributed by atoms with Crippen LogP contribution in [0.5, 0.6) is 0 Å². The summed E-state index contributed by atoms with van der Waals surface area (Å²) in [7, 11) is 0. The van der Waals surface area contributed by atoms with Gasteiger partial charge in [0.1, 0.15) is 6.04 Å². The first-order chi connectivity index (χ1) is 17.7. The molecule has 36 heavy (non-hydrogen) atoms. The highest BCUT2D eigenvalue weighted by Crippen LogP contribution is 2.21.